The lowest BCUT2D eigenvalue weighted by atomic mass is 10.2. The SMILES string of the molecule is CSc1nncn1-c1ccc(S(=O)(=O)c2ccc(Cl)c(C(F)(F)F)c2)cc1. The lowest BCUT2D eigenvalue weighted by Gasteiger charge is -2.12. The Kier molecular flexibility index (Phi) is 5.24. The van der Waals surface area contributed by atoms with Gasteiger partial charge in [0.1, 0.15) is 6.33 Å². The number of hydrogen-bond acceptors (Lipinski definition) is 5. The summed E-state index contributed by atoms with van der Waals surface area (Å²) < 4.78 is 66.1. The standard InChI is InChI=1S/C16H11ClF3N3O2S2/c1-26-15-22-21-9-23(15)10-2-4-11(5-3-10)27(24,25)12-6-7-14(17)13(8-12)16(18,19)20/h2-9H,1H3. The van der Waals surface area contributed by atoms with Crippen molar-refractivity contribution >= 4 is 33.2 Å². The highest BCUT2D eigenvalue weighted by molar-refractivity contribution is 7.98. The highest BCUT2D eigenvalue weighted by Gasteiger charge is 2.34. The molecule has 11 heteroatoms. The van der Waals surface area contributed by atoms with Crippen LogP contribution in [-0.2, 0) is 16.0 Å². The zero-order chi connectivity index (χ0) is 19.8. The molecule has 0 aliphatic carbocycles. The number of halogens is 4. The van der Waals surface area contributed by atoms with E-state index in [1.807, 2.05) is 6.26 Å². The van der Waals surface area contributed by atoms with Gasteiger partial charge in [-0.1, -0.05) is 23.4 Å². The Morgan fingerprint density at radius 1 is 1.07 bits per heavy atom. The van der Waals surface area contributed by atoms with E-state index in [4.69, 9.17) is 11.6 Å². The van der Waals surface area contributed by atoms with Crippen molar-refractivity contribution in [3.05, 3.63) is 59.4 Å². The van der Waals surface area contributed by atoms with Crippen LogP contribution in [0.25, 0.3) is 5.69 Å². The second-order valence-electron chi connectivity index (χ2n) is 5.32. The number of sulfone groups is 1. The summed E-state index contributed by atoms with van der Waals surface area (Å²) in [6, 6.07) is 8.19. The normalized spacial score (nSPS) is 12.3. The van der Waals surface area contributed by atoms with Crippen LogP contribution in [0.15, 0.2) is 63.7 Å². The molecule has 0 unspecified atom stereocenters. The summed E-state index contributed by atoms with van der Waals surface area (Å²) in [5.74, 6) is 0. The molecule has 27 heavy (non-hydrogen) atoms. The van der Waals surface area contributed by atoms with E-state index in [9.17, 15) is 21.6 Å². The predicted octanol–water partition coefficient (Wildman–Crippen LogP) is 4.49. The monoisotopic (exact) mass is 433 g/mol. The van der Waals surface area contributed by atoms with E-state index in [-0.39, 0.29) is 4.90 Å². The zero-order valence-electron chi connectivity index (χ0n) is 13.6. The van der Waals surface area contributed by atoms with Gasteiger partial charge < -0.3 is 0 Å². The molecule has 1 heterocycles. The molecule has 1 aromatic heterocycles. The average molecular weight is 434 g/mol. The van der Waals surface area contributed by atoms with Gasteiger partial charge in [0.2, 0.25) is 9.84 Å². The lowest BCUT2D eigenvalue weighted by Crippen LogP contribution is -2.09. The van der Waals surface area contributed by atoms with Crippen molar-refractivity contribution < 1.29 is 21.6 Å². The van der Waals surface area contributed by atoms with E-state index in [0.717, 1.165) is 12.1 Å². The van der Waals surface area contributed by atoms with E-state index in [1.165, 1.54) is 42.4 Å². The third-order valence-corrected chi connectivity index (χ3v) is 6.42. The first-order valence-corrected chi connectivity index (χ1v) is 10.4. The van der Waals surface area contributed by atoms with Crippen molar-refractivity contribution in [1.29, 1.82) is 0 Å². The highest BCUT2D eigenvalue weighted by Crippen LogP contribution is 2.37. The molecule has 0 saturated carbocycles. The van der Waals surface area contributed by atoms with Crippen molar-refractivity contribution in [2.24, 2.45) is 0 Å². The molecule has 0 atom stereocenters. The lowest BCUT2D eigenvalue weighted by molar-refractivity contribution is -0.137. The summed E-state index contributed by atoms with van der Waals surface area (Å²) in [6.07, 6.45) is -1.46. The second-order valence-corrected chi connectivity index (χ2v) is 8.45. The van der Waals surface area contributed by atoms with E-state index in [0.29, 0.717) is 16.9 Å². The van der Waals surface area contributed by atoms with Crippen LogP contribution in [0.2, 0.25) is 5.02 Å². The van der Waals surface area contributed by atoms with Gasteiger partial charge in [-0.2, -0.15) is 13.2 Å². The summed E-state index contributed by atoms with van der Waals surface area (Å²) >= 11 is 6.91. The van der Waals surface area contributed by atoms with Gasteiger partial charge >= 0.3 is 6.18 Å². The predicted molar refractivity (Wildman–Crippen MR) is 95.0 cm³/mol. The number of thioether (sulfide) groups is 1. The van der Waals surface area contributed by atoms with Gasteiger partial charge in [0, 0.05) is 5.69 Å². The Balaban J connectivity index is 2.01. The average Bonchev–Trinajstić information content (AvgIpc) is 3.09. The van der Waals surface area contributed by atoms with E-state index < -0.39 is 31.5 Å². The van der Waals surface area contributed by atoms with Gasteiger partial charge in [-0.3, -0.25) is 4.57 Å². The van der Waals surface area contributed by atoms with Gasteiger partial charge in [0.05, 0.1) is 20.4 Å². The Morgan fingerprint density at radius 3 is 2.30 bits per heavy atom. The maximum Gasteiger partial charge on any atom is 0.417 e. The fourth-order valence-corrected chi connectivity index (χ4v) is 4.34. The molecule has 0 aliphatic heterocycles. The Labute approximate surface area is 162 Å². The molecule has 3 rings (SSSR count). The summed E-state index contributed by atoms with van der Waals surface area (Å²) in [5.41, 5.74) is -0.577. The molecule has 5 nitrogen and oxygen atoms in total. The first kappa shape index (κ1) is 19.7. The topological polar surface area (TPSA) is 64.8 Å². The molecule has 2 aromatic carbocycles. The molecule has 0 radical (unpaired) electrons. The Hall–Kier alpha value is -2.04. The third-order valence-electron chi connectivity index (χ3n) is 3.68. The number of aromatic nitrogens is 3. The molecule has 0 saturated heterocycles. The molecule has 0 N–H and O–H groups in total. The first-order valence-electron chi connectivity index (χ1n) is 7.31. The minimum Gasteiger partial charge on any atom is -0.277 e. The van der Waals surface area contributed by atoms with Crippen LogP contribution < -0.4 is 0 Å². The molecule has 3 aromatic rings. The zero-order valence-corrected chi connectivity index (χ0v) is 16.0. The molecular weight excluding hydrogens is 423 g/mol. The van der Waals surface area contributed by atoms with Gasteiger partial charge in [-0.25, -0.2) is 8.42 Å². The van der Waals surface area contributed by atoms with Gasteiger partial charge in [-0.15, -0.1) is 10.2 Å². The summed E-state index contributed by atoms with van der Waals surface area (Å²) in [5, 5.41) is 7.74. The Bertz CT molecular complexity index is 1080. The van der Waals surface area contributed by atoms with E-state index >= 15 is 0 Å². The summed E-state index contributed by atoms with van der Waals surface area (Å²) in [6.45, 7) is 0. The minimum atomic E-state index is -4.75. The summed E-state index contributed by atoms with van der Waals surface area (Å²) in [7, 11) is -4.14. The molecule has 0 fully saturated rings. The molecule has 0 bridgehead atoms. The van der Waals surface area contributed by atoms with Crippen LogP contribution in [0, 0.1) is 0 Å². The van der Waals surface area contributed by atoms with Crippen LogP contribution in [0.3, 0.4) is 0 Å². The van der Waals surface area contributed by atoms with Gasteiger partial charge in [0.15, 0.2) is 5.16 Å². The van der Waals surface area contributed by atoms with Crippen molar-refractivity contribution in [3.8, 4) is 5.69 Å². The van der Waals surface area contributed by atoms with Crippen LogP contribution >= 0.6 is 23.4 Å². The maximum absolute atomic E-state index is 13.0. The van der Waals surface area contributed by atoms with E-state index in [1.54, 1.807) is 4.57 Å². The highest BCUT2D eigenvalue weighted by atomic mass is 35.5. The molecule has 0 spiro atoms. The first-order chi connectivity index (χ1) is 12.6. The quantitative estimate of drug-likeness (QED) is 0.567. The van der Waals surface area contributed by atoms with Crippen molar-refractivity contribution in [1.82, 2.24) is 14.8 Å². The van der Waals surface area contributed by atoms with Crippen LogP contribution in [-0.4, -0.2) is 29.4 Å². The Morgan fingerprint density at radius 2 is 1.70 bits per heavy atom. The van der Waals surface area contributed by atoms with Crippen molar-refractivity contribution in [2.45, 2.75) is 21.1 Å². The molecular formula is C16H11ClF3N3O2S2. The second kappa shape index (κ2) is 7.17. The molecule has 0 aliphatic rings. The number of alkyl halides is 3. The fraction of sp³-hybridized carbons (Fsp3) is 0.125. The van der Waals surface area contributed by atoms with Gasteiger partial charge in [0.25, 0.3) is 0 Å². The third kappa shape index (κ3) is 3.83. The fourth-order valence-electron chi connectivity index (χ4n) is 2.35. The van der Waals surface area contributed by atoms with Crippen molar-refractivity contribution in [3.63, 3.8) is 0 Å². The molecule has 142 valence electrons. The van der Waals surface area contributed by atoms with Crippen molar-refractivity contribution in [2.75, 3.05) is 6.26 Å². The summed E-state index contributed by atoms with van der Waals surface area (Å²) in [4.78, 5) is -0.624. The van der Waals surface area contributed by atoms with Gasteiger partial charge in [-0.05, 0) is 48.7 Å². The largest absolute Gasteiger partial charge is 0.417 e. The molecule has 0 amide bonds. The van der Waals surface area contributed by atoms with E-state index in [2.05, 4.69) is 10.2 Å². The number of hydrogen-bond donors (Lipinski definition) is 0. The smallest absolute Gasteiger partial charge is 0.277 e. The number of benzene rings is 2. The minimum absolute atomic E-state index is 0.138. The van der Waals surface area contributed by atoms with Crippen LogP contribution in [0.5, 0.6) is 0 Å². The number of nitrogens with zero attached hydrogens (tertiary/aromatic N) is 3. The van der Waals surface area contributed by atoms with Crippen LogP contribution in [0.1, 0.15) is 5.56 Å². The van der Waals surface area contributed by atoms with Crippen LogP contribution in [0.4, 0.5) is 13.2 Å². The maximum atomic E-state index is 13.0. The number of rotatable bonds is 4.